The minimum absolute atomic E-state index is 0.0278. The zero-order valence-corrected chi connectivity index (χ0v) is 14.7. The van der Waals surface area contributed by atoms with Crippen LogP contribution in [0.5, 0.6) is 0 Å². The Bertz CT molecular complexity index is 819. The van der Waals surface area contributed by atoms with Crippen molar-refractivity contribution in [3.8, 4) is 0 Å². The Hall–Kier alpha value is -1.80. The number of amides is 1. The van der Waals surface area contributed by atoms with E-state index in [1.165, 1.54) is 22.2 Å². The van der Waals surface area contributed by atoms with E-state index >= 15 is 0 Å². The average Bonchev–Trinajstić information content (AvgIpc) is 2.84. The number of unbranched alkanes of at least 4 members (excludes halogenated alkanes) is 2. The number of hydrogen-bond acceptors (Lipinski definition) is 5. The number of hydrogen-bond donors (Lipinski definition) is 1. The number of nitrogens with zero attached hydrogens (tertiary/aromatic N) is 3. The summed E-state index contributed by atoms with van der Waals surface area (Å²) in [5.41, 5.74) is 0.308. The monoisotopic (exact) mass is 352 g/mol. The van der Waals surface area contributed by atoms with Gasteiger partial charge in [0.25, 0.3) is 5.56 Å². The van der Waals surface area contributed by atoms with Crippen LogP contribution in [0.25, 0.3) is 10.3 Å². The Morgan fingerprint density at radius 3 is 3.00 bits per heavy atom. The van der Waals surface area contributed by atoms with Crippen molar-refractivity contribution in [2.45, 2.75) is 39.3 Å². The van der Waals surface area contributed by atoms with E-state index in [2.05, 4.69) is 23.8 Å². The molecular formula is C15H20N4O2S2. The van der Waals surface area contributed by atoms with E-state index in [0.29, 0.717) is 27.4 Å². The quantitative estimate of drug-likeness (QED) is 0.450. The van der Waals surface area contributed by atoms with Crippen LogP contribution in [-0.4, -0.2) is 26.6 Å². The van der Waals surface area contributed by atoms with Gasteiger partial charge in [-0.05, 0) is 18.6 Å². The molecule has 0 aliphatic heterocycles. The van der Waals surface area contributed by atoms with Gasteiger partial charge in [-0.15, -0.1) is 6.58 Å². The summed E-state index contributed by atoms with van der Waals surface area (Å²) in [6, 6.07) is 0. The highest BCUT2D eigenvalue weighted by Crippen LogP contribution is 2.17. The standard InChI is InChI=1S/C15H20N4O2S2/c1-3-5-6-7-16-11(20)9-18-10-17-13-12(14(18)21)23-15(22)19(13)8-4-2/h4,10H,2-3,5-9H2,1H3,(H,16,20). The molecule has 1 amide bonds. The van der Waals surface area contributed by atoms with Crippen LogP contribution in [0.1, 0.15) is 26.2 Å². The first-order valence-corrected chi connectivity index (χ1v) is 8.77. The molecule has 8 heteroatoms. The fourth-order valence-corrected chi connectivity index (χ4v) is 3.50. The topological polar surface area (TPSA) is 68.9 Å². The van der Waals surface area contributed by atoms with Crippen molar-refractivity contribution in [1.82, 2.24) is 19.4 Å². The predicted octanol–water partition coefficient (Wildman–Crippen LogP) is 2.48. The molecule has 23 heavy (non-hydrogen) atoms. The molecule has 124 valence electrons. The van der Waals surface area contributed by atoms with E-state index in [1.54, 1.807) is 10.6 Å². The minimum atomic E-state index is -0.238. The molecule has 0 aliphatic carbocycles. The first-order valence-electron chi connectivity index (χ1n) is 7.54. The van der Waals surface area contributed by atoms with Gasteiger partial charge in [0.2, 0.25) is 5.91 Å². The Balaban J connectivity index is 2.18. The molecule has 0 fully saturated rings. The van der Waals surface area contributed by atoms with Gasteiger partial charge in [-0.25, -0.2) is 4.98 Å². The number of rotatable bonds is 8. The van der Waals surface area contributed by atoms with Crippen molar-refractivity contribution in [3.63, 3.8) is 0 Å². The van der Waals surface area contributed by atoms with Crippen molar-refractivity contribution in [3.05, 3.63) is 33.3 Å². The van der Waals surface area contributed by atoms with E-state index in [9.17, 15) is 9.59 Å². The van der Waals surface area contributed by atoms with E-state index in [0.717, 1.165) is 19.3 Å². The van der Waals surface area contributed by atoms with Gasteiger partial charge in [-0.1, -0.05) is 37.2 Å². The van der Waals surface area contributed by atoms with Gasteiger partial charge >= 0.3 is 0 Å². The molecule has 0 atom stereocenters. The van der Waals surface area contributed by atoms with E-state index in [-0.39, 0.29) is 18.0 Å². The maximum absolute atomic E-state index is 12.5. The number of fused-ring (bicyclic) bond motifs is 1. The van der Waals surface area contributed by atoms with Crippen LogP contribution in [0.15, 0.2) is 23.8 Å². The largest absolute Gasteiger partial charge is 0.355 e. The van der Waals surface area contributed by atoms with Crippen molar-refractivity contribution in [1.29, 1.82) is 0 Å². The fourth-order valence-electron chi connectivity index (χ4n) is 2.19. The molecule has 0 saturated heterocycles. The third-order valence-corrected chi connectivity index (χ3v) is 4.80. The zero-order valence-electron chi connectivity index (χ0n) is 13.1. The molecular weight excluding hydrogens is 332 g/mol. The number of thiazole rings is 1. The molecule has 2 rings (SSSR count). The van der Waals surface area contributed by atoms with Gasteiger partial charge in [0.1, 0.15) is 17.6 Å². The molecule has 6 nitrogen and oxygen atoms in total. The van der Waals surface area contributed by atoms with Crippen molar-refractivity contribution >= 4 is 39.8 Å². The second-order valence-corrected chi connectivity index (χ2v) is 6.80. The van der Waals surface area contributed by atoms with Gasteiger partial charge in [-0.3, -0.25) is 14.2 Å². The highest BCUT2D eigenvalue weighted by molar-refractivity contribution is 7.73. The SMILES string of the molecule is C=CCn1c(=S)sc2c(=O)n(CC(=O)NCCCCC)cnc21. The van der Waals surface area contributed by atoms with Crippen molar-refractivity contribution in [2.24, 2.45) is 0 Å². The molecule has 0 spiro atoms. The van der Waals surface area contributed by atoms with Gasteiger partial charge < -0.3 is 9.88 Å². The number of carbonyl (C=O) groups excluding carboxylic acids is 1. The lowest BCUT2D eigenvalue weighted by Crippen LogP contribution is -2.32. The molecule has 2 aromatic heterocycles. The maximum atomic E-state index is 12.5. The van der Waals surface area contributed by atoms with Crippen LogP contribution in [0.3, 0.4) is 0 Å². The summed E-state index contributed by atoms with van der Waals surface area (Å²) in [7, 11) is 0. The fraction of sp³-hybridized carbons (Fsp3) is 0.467. The Morgan fingerprint density at radius 2 is 2.30 bits per heavy atom. The summed E-state index contributed by atoms with van der Waals surface area (Å²) >= 11 is 6.47. The molecule has 1 N–H and O–H groups in total. The minimum Gasteiger partial charge on any atom is -0.355 e. The predicted molar refractivity (Wildman–Crippen MR) is 95.4 cm³/mol. The summed E-state index contributed by atoms with van der Waals surface area (Å²) in [5.74, 6) is -0.182. The van der Waals surface area contributed by atoms with Crippen LogP contribution in [0.2, 0.25) is 0 Å². The van der Waals surface area contributed by atoms with Gasteiger partial charge in [-0.2, -0.15) is 0 Å². The lowest BCUT2D eigenvalue weighted by atomic mass is 10.2. The van der Waals surface area contributed by atoms with Crippen LogP contribution < -0.4 is 10.9 Å². The molecule has 0 aliphatic rings. The maximum Gasteiger partial charge on any atom is 0.273 e. The molecule has 0 unspecified atom stereocenters. The molecule has 0 radical (unpaired) electrons. The lowest BCUT2D eigenvalue weighted by molar-refractivity contribution is -0.121. The van der Waals surface area contributed by atoms with Crippen molar-refractivity contribution < 1.29 is 4.79 Å². The number of aromatic nitrogens is 3. The lowest BCUT2D eigenvalue weighted by Gasteiger charge is -2.07. The second kappa shape index (κ2) is 8.16. The first kappa shape index (κ1) is 17.6. The van der Waals surface area contributed by atoms with E-state index < -0.39 is 0 Å². The highest BCUT2D eigenvalue weighted by Gasteiger charge is 2.13. The average molecular weight is 352 g/mol. The highest BCUT2D eigenvalue weighted by atomic mass is 32.1. The summed E-state index contributed by atoms with van der Waals surface area (Å²) in [6.45, 7) is 6.89. The second-order valence-electron chi connectivity index (χ2n) is 5.15. The van der Waals surface area contributed by atoms with Crippen molar-refractivity contribution in [2.75, 3.05) is 6.54 Å². The number of allylic oxidation sites excluding steroid dienone is 1. The first-order chi connectivity index (χ1) is 11.1. The summed E-state index contributed by atoms with van der Waals surface area (Å²) < 4.78 is 4.13. The van der Waals surface area contributed by atoms with Crippen LogP contribution in [0, 0.1) is 3.95 Å². The third kappa shape index (κ3) is 4.14. The van der Waals surface area contributed by atoms with Crippen LogP contribution in [-0.2, 0) is 17.9 Å². The molecule has 0 aromatic carbocycles. The Morgan fingerprint density at radius 1 is 1.52 bits per heavy atom. The summed E-state index contributed by atoms with van der Waals surface area (Å²) in [4.78, 5) is 28.7. The molecule has 0 bridgehead atoms. The summed E-state index contributed by atoms with van der Waals surface area (Å²) in [5, 5.41) is 2.82. The van der Waals surface area contributed by atoms with E-state index in [1.807, 2.05) is 0 Å². The smallest absolute Gasteiger partial charge is 0.273 e. The molecule has 0 saturated carbocycles. The normalized spacial score (nSPS) is 10.8. The summed E-state index contributed by atoms with van der Waals surface area (Å²) in [6.07, 6.45) is 6.23. The Labute approximate surface area is 143 Å². The van der Waals surface area contributed by atoms with E-state index in [4.69, 9.17) is 12.2 Å². The Kier molecular flexibility index (Phi) is 6.23. The van der Waals surface area contributed by atoms with Crippen LogP contribution >= 0.6 is 23.6 Å². The zero-order chi connectivity index (χ0) is 16.8. The number of carbonyl (C=O) groups is 1. The molecule has 2 aromatic rings. The van der Waals surface area contributed by atoms with Gasteiger partial charge in [0.15, 0.2) is 9.60 Å². The third-order valence-electron chi connectivity index (χ3n) is 3.37. The van der Waals surface area contributed by atoms with Crippen LogP contribution in [0.4, 0.5) is 0 Å². The number of nitrogens with one attached hydrogen (secondary N) is 1. The van der Waals surface area contributed by atoms with Gasteiger partial charge in [0.05, 0.1) is 0 Å². The molecule has 2 heterocycles. The van der Waals surface area contributed by atoms with Gasteiger partial charge in [0, 0.05) is 13.1 Å².